The number of amides is 2. The molecule has 1 aliphatic rings. The third-order valence-electron chi connectivity index (χ3n) is 4.25. The number of ether oxygens (including phenoxy) is 1. The Morgan fingerprint density at radius 1 is 1.56 bits per heavy atom. The fourth-order valence-corrected chi connectivity index (χ4v) is 3.68. The van der Waals surface area contributed by atoms with Crippen molar-refractivity contribution in [3.05, 3.63) is 33.7 Å². The summed E-state index contributed by atoms with van der Waals surface area (Å²) in [5.41, 5.74) is 0.139. The maximum absolute atomic E-state index is 13.8. The van der Waals surface area contributed by atoms with Gasteiger partial charge in [-0.2, -0.15) is 5.10 Å². The zero-order chi connectivity index (χ0) is 20.3. The van der Waals surface area contributed by atoms with E-state index in [1.165, 1.54) is 35.2 Å². The second kappa shape index (κ2) is 8.71. The van der Waals surface area contributed by atoms with Crippen LogP contribution in [0.3, 0.4) is 0 Å². The second-order valence-electron chi connectivity index (χ2n) is 5.92. The Hall–Kier alpha value is -2.13. The van der Waals surface area contributed by atoms with Gasteiger partial charge < -0.3 is 15.0 Å². The van der Waals surface area contributed by atoms with Crippen LogP contribution in [0.2, 0.25) is 0 Å². The molecule has 2 atom stereocenters. The molecule has 1 aliphatic heterocycles. The van der Waals surface area contributed by atoms with Crippen molar-refractivity contribution in [2.75, 3.05) is 33.1 Å². The van der Waals surface area contributed by atoms with Gasteiger partial charge in [-0.15, -0.1) is 0 Å². The number of methoxy groups -OCH3 is 1. The summed E-state index contributed by atoms with van der Waals surface area (Å²) < 4.78 is 19.3. The summed E-state index contributed by atoms with van der Waals surface area (Å²) in [6.07, 6.45) is 0. The van der Waals surface area contributed by atoms with Crippen LogP contribution in [0.5, 0.6) is 5.75 Å². The van der Waals surface area contributed by atoms with E-state index in [9.17, 15) is 14.0 Å². The van der Waals surface area contributed by atoms with Crippen LogP contribution in [-0.2, 0) is 9.59 Å². The average Bonchev–Trinajstić information content (AvgIpc) is 2.94. The van der Waals surface area contributed by atoms with E-state index in [2.05, 4.69) is 33.1 Å². The molecule has 2 amide bonds. The zero-order valence-corrected chi connectivity index (χ0v) is 17.3. The molecule has 1 fully saturated rings. The number of hydrazone groups is 1. The molecule has 10 heteroatoms. The first kappa shape index (κ1) is 21.2. The highest BCUT2D eigenvalue weighted by Gasteiger charge is 2.46. The summed E-state index contributed by atoms with van der Waals surface area (Å²) in [6.45, 7) is 3.67. The molecule has 1 N–H and O–H groups in total. The van der Waals surface area contributed by atoms with Gasteiger partial charge in [0.25, 0.3) is 0 Å². The fourth-order valence-electron chi connectivity index (χ4n) is 2.82. The van der Waals surface area contributed by atoms with Crippen molar-refractivity contribution in [1.29, 1.82) is 0 Å². The minimum absolute atomic E-state index is 0.107. The topological polar surface area (TPSA) is 74.2 Å². The molecule has 0 bridgehead atoms. The van der Waals surface area contributed by atoms with Crippen molar-refractivity contribution in [2.24, 2.45) is 16.9 Å². The van der Waals surface area contributed by atoms with E-state index in [1.807, 2.05) is 0 Å². The quantitative estimate of drug-likeness (QED) is 0.306. The molecular formula is C17H19BrClFN4O3. The number of carbonyl (C=O) groups is 2. The van der Waals surface area contributed by atoms with E-state index in [4.69, 9.17) is 16.3 Å². The van der Waals surface area contributed by atoms with Gasteiger partial charge in [-0.1, -0.05) is 33.6 Å². The van der Waals surface area contributed by atoms with E-state index in [0.29, 0.717) is 4.48 Å². The Morgan fingerprint density at radius 3 is 2.81 bits per heavy atom. The first-order valence-corrected chi connectivity index (χ1v) is 9.03. The smallest absolute Gasteiger partial charge is 0.237 e. The van der Waals surface area contributed by atoms with Crippen LogP contribution >= 0.6 is 27.5 Å². The van der Waals surface area contributed by atoms with Gasteiger partial charge in [0.05, 0.1) is 12.8 Å². The lowest BCUT2D eigenvalue weighted by Gasteiger charge is -2.20. The van der Waals surface area contributed by atoms with Gasteiger partial charge in [0, 0.05) is 37.8 Å². The van der Waals surface area contributed by atoms with E-state index in [-0.39, 0.29) is 29.0 Å². The molecule has 0 aliphatic carbocycles. The van der Waals surface area contributed by atoms with Crippen LogP contribution in [0.4, 0.5) is 10.1 Å². The Kier molecular flexibility index (Phi) is 6.83. The molecule has 1 aromatic carbocycles. The summed E-state index contributed by atoms with van der Waals surface area (Å²) >= 11 is 9.62. The highest BCUT2D eigenvalue weighted by Crippen LogP contribution is 2.38. The largest absolute Gasteiger partial charge is 0.492 e. The summed E-state index contributed by atoms with van der Waals surface area (Å²) in [6, 6.07) is 4.14. The lowest BCUT2D eigenvalue weighted by atomic mass is 9.94. The Bertz CT molecular complexity index is 804. The van der Waals surface area contributed by atoms with Crippen molar-refractivity contribution in [3.8, 4) is 5.75 Å². The number of halogens is 3. The average molecular weight is 462 g/mol. The summed E-state index contributed by atoms with van der Waals surface area (Å²) in [7, 11) is 4.47. The molecule has 27 heavy (non-hydrogen) atoms. The van der Waals surface area contributed by atoms with Crippen LogP contribution in [0.1, 0.15) is 0 Å². The van der Waals surface area contributed by atoms with Gasteiger partial charge in [-0.3, -0.25) is 14.6 Å². The van der Waals surface area contributed by atoms with Gasteiger partial charge in [0.2, 0.25) is 11.8 Å². The predicted octanol–water partition coefficient (Wildman–Crippen LogP) is 2.83. The molecule has 0 saturated carbocycles. The SMILES string of the molecule is C=NN(C)/C(Cl)=C(\Br)[C@H]1CN(C)C(=O)[C@@H]1C(=O)Nc1cccc(F)c1OC. The molecule has 0 aromatic heterocycles. The molecule has 0 spiro atoms. The van der Waals surface area contributed by atoms with Crippen molar-refractivity contribution in [2.45, 2.75) is 0 Å². The minimum Gasteiger partial charge on any atom is -0.492 e. The number of hydrogen-bond donors (Lipinski definition) is 1. The number of benzene rings is 1. The molecule has 7 nitrogen and oxygen atoms in total. The number of hydrogen-bond acceptors (Lipinski definition) is 5. The second-order valence-corrected chi connectivity index (χ2v) is 7.13. The van der Waals surface area contributed by atoms with Gasteiger partial charge in [-0.05, 0) is 12.1 Å². The van der Waals surface area contributed by atoms with Crippen molar-refractivity contribution in [3.63, 3.8) is 0 Å². The van der Waals surface area contributed by atoms with Gasteiger partial charge >= 0.3 is 0 Å². The monoisotopic (exact) mass is 460 g/mol. The first-order chi connectivity index (χ1) is 12.7. The number of nitrogens with zero attached hydrogens (tertiary/aromatic N) is 3. The van der Waals surface area contributed by atoms with Crippen LogP contribution in [0.15, 0.2) is 32.9 Å². The van der Waals surface area contributed by atoms with Gasteiger partial charge in [0.1, 0.15) is 11.1 Å². The summed E-state index contributed by atoms with van der Waals surface area (Å²) in [4.78, 5) is 26.8. The number of likely N-dealkylation sites (tertiary alicyclic amines) is 1. The third-order valence-corrected chi connectivity index (χ3v) is 5.89. The van der Waals surface area contributed by atoms with E-state index >= 15 is 0 Å². The minimum atomic E-state index is -1.05. The van der Waals surface area contributed by atoms with Crippen molar-refractivity contribution >= 4 is 51.8 Å². The number of para-hydroxylation sites is 1. The zero-order valence-electron chi connectivity index (χ0n) is 15.0. The molecule has 1 aromatic rings. The van der Waals surface area contributed by atoms with Crippen LogP contribution < -0.4 is 10.1 Å². The maximum atomic E-state index is 13.8. The Balaban J connectivity index is 2.36. The molecule has 2 rings (SSSR count). The van der Waals surface area contributed by atoms with Gasteiger partial charge in [-0.25, -0.2) is 4.39 Å². The highest BCUT2D eigenvalue weighted by atomic mass is 79.9. The lowest BCUT2D eigenvalue weighted by Crippen LogP contribution is -2.33. The van der Waals surface area contributed by atoms with Crippen LogP contribution in [0.25, 0.3) is 0 Å². The standard InChI is InChI=1S/C17H19BrClFN4O3/c1-21-24(3)15(19)13(18)9-8-23(2)17(26)12(9)16(25)22-11-7-5-6-10(20)14(11)27-4/h5-7,9,12H,1,8H2,2-4H3,(H,22,25)/b15-13-/t9-,12-/m0/s1. The van der Waals surface area contributed by atoms with Crippen molar-refractivity contribution in [1.82, 2.24) is 9.91 Å². The molecule has 146 valence electrons. The first-order valence-electron chi connectivity index (χ1n) is 7.86. The van der Waals surface area contributed by atoms with Crippen LogP contribution in [-0.4, -0.2) is 56.2 Å². The van der Waals surface area contributed by atoms with E-state index < -0.39 is 23.6 Å². The lowest BCUT2D eigenvalue weighted by molar-refractivity contribution is -0.135. The molecule has 1 saturated heterocycles. The number of nitrogens with one attached hydrogen (secondary N) is 1. The number of anilines is 1. The normalized spacial score (nSPS) is 20.2. The number of carbonyl (C=O) groups excluding carboxylic acids is 2. The summed E-state index contributed by atoms with van der Waals surface area (Å²) in [5, 5.41) is 7.80. The fraction of sp³-hybridized carbons (Fsp3) is 0.353. The van der Waals surface area contributed by atoms with Crippen molar-refractivity contribution < 1.29 is 18.7 Å². The Morgan fingerprint density at radius 2 is 2.22 bits per heavy atom. The number of rotatable bonds is 6. The summed E-state index contributed by atoms with van der Waals surface area (Å²) in [5.74, 6) is -3.28. The van der Waals surface area contributed by atoms with E-state index in [0.717, 1.165) is 0 Å². The van der Waals surface area contributed by atoms with E-state index in [1.54, 1.807) is 14.1 Å². The molecule has 1 heterocycles. The van der Waals surface area contributed by atoms with Crippen LogP contribution in [0, 0.1) is 17.7 Å². The highest BCUT2D eigenvalue weighted by molar-refractivity contribution is 9.11. The van der Waals surface area contributed by atoms with Gasteiger partial charge in [0.15, 0.2) is 11.6 Å². The molecular weight excluding hydrogens is 443 g/mol. The molecule has 0 radical (unpaired) electrons. The third kappa shape index (κ3) is 4.24. The Labute approximate surface area is 169 Å². The molecule has 0 unspecified atom stereocenters. The maximum Gasteiger partial charge on any atom is 0.237 e. The predicted molar refractivity (Wildman–Crippen MR) is 105 cm³/mol.